The number of nitrogens with one attached hydrogen (secondary N) is 2. The molecule has 0 bridgehead atoms. The number of amides is 1. The molecule has 98 valence electrons. The molecule has 1 saturated heterocycles. The van der Waals surface area contributed by atoms with Crippen LogP contribution in [0.3, 0.4) is 0 Å². The number of rotatable bonds is 3. The number of anilines is 1. The van der Waals surface area contributed by atoms with E-state index in [0.29, 0.717) is 11.6 Å². The van der Waals surface area contributed by atoms with Crippen LogP contribution >= 0.6 is 0 Å². The molecule has 1 aliphatic heterocycles. The largest absolute Gasteiger partial charge is 0.380 e. The zero-order chi connectivity index (χ0) is 13.0. The number of hydrogen-bond donors (Lipinski definition) is 2. The van der Waals surface area contributed by atoms with E-state index >= 15 is 0 Å². The van der Waals surface area contributed by atoms with Gasteiger partial charge in [-0.15, -0.1) is 0 Å². The number of carbonyl (C=O) groups excluding carboxylic acids is 1. The number of aryl methyl sites for hydroxylation is 1. The summed E-state index contributed by atoms with van der Waals surface area (Å²) in [6, 6.07) is 6.06. The van der Waals surface area contributed by atoms with Gasteiger partial charge in [0.15, 0.2) is 0 Å². The van der Waals surface area contributed by atoms with Crippen LogP contribution in [0.2, 0.25) is 0 Å². The van der Waals surface area contributed by atoms with Gasteiger partial charge in [0.1, 0.15) is 0 Å². The van der Waals surface area contributed by atoms with E-state index in [9.17, 15) is 4.79 Å². The van der Waals surface area contributed by atoms with Gasteiger partial charge in [0, 0.05) is 30.9 Å². The second kappa shape index (κ2) is 5.87. The molecule has 4 heteroatoms. The fourth-order valence-electron chi connectivity index (χ4n) is 2.14. The summed E-state index contributed by atoms with van der Waals surface area (Å²) in [6.45, 7) is 3.64. The number of benzene rings is 1. The summed E-state index contributed by atoms with van der Waals surface area (Å²) in [4.78, 5) is 11.6. The van der Waals surface area contributed by atoms with Gasteiger partial charge in [-0.1, -0.05) is 6.07 Å². The summed E-state index contributed by atoms with van der Waals surface area (Å²) < 4.78 is 5.45. The van der Waals surface area contributed by atoms with Crippen molar-refractivity contribution in [1.82, 2.24) is 5.32 Å². The highest BCUT2D eigenvalue weighted by atomic mass is 16.5. The molecule has 4 nitrogen and oxygen atoms in total. The van der Waals surface area contributed by atoms with E-state index in [1.54, 1.807) is 7.05 Å². The van der Waals surface area contributed by atoms with Crippen molar-refractivity contribution < 1.29 is 9.53 Å². The third-order valence-corrected chi connectivity index (χ3v) is 3.25. The molecule has 1 amide bonds. The monoisotopic (exact) mass is 248 g/mol. The molecular weight excluding hydrogens is 228 g/mol. The van der Waals surface area contributed by atoms with Gasteiger partial charge in [-0.25, -0.2) is 0 Å². The fraction of sp³-hybridized carbons (Fsp3) is 0.500. The van der Waals surface area contributed by atoms with Crippen molar-refractivity contribution in [3.8, 4) is 0 Å². The van der Waals surface area contributed by atoms with Gasteiger partial charge >= 0.3 is 0 Å². The van der Waals surface area contributed by atoms with Crippen LogP contribution in [-0.2, 0) is 4.74 Å². The van der Waals surface area contributed by atoms with Gasteiger partial charge in [0.25, 0.3) is 5.91 Å². The van der Waals surface area contributed by atoms with E-state index in [2.05, 4.69) is 10.6 Å². The number of carbonyl (C=O) groups is 1. The first-order valence-corrected chi connectivity index (χ1v) is 6.37. The zero-order valence-electron chi connectivity index (χ0n) is 11.0. The summed E-state index contributed by atoms with van der Waals surface area (Å²) in [6.07, 6.45) is 2.20. The minimum Gasteiger partial charge on any atom is -0.380 e. The van der Waals surface area contributed by atoms with Crippen LogP contribution < -0.4 is 10.6 Å². The van der Waals surface area contributed by atoms with Gasteiger partial charge in [0.2, 0.25) is 0 Å². The smallest absolute Gasteiger partial charge is 0.251 e. The average Bonchev–Trinajstić information content (AvgIpc) is 2.41. The lowest BCUT2D eigenvalue weighted by Crippen LogP contribution is -2.30. The van der Waals surface area contributed by atoms with Crippen LogP contribution in [0, 0.1) is 6.92 Å². The van der Waals surface area contributed by atoms with Crippen molar-refractivity contribution in [2.75, 3.05) is 25.6 Å². The summed E-state index contributed by atoms with van der Waals surface area (Å²) >= 11 is 0. The van der Waals surface area contributed by atoms with Crippen molar-refractivity contribution in [2.24, 2.45) is 0 Å². The molecule has 1 aromatic carbocycles. The normalized spacial score (nSPS) is 19.3. The van der Waals surface area contributed by atoms with Gasteiger partial charge in [-0.2, -0.15) is 0 Å². The lowest BCUT2D eigenvalue weighted by atomic mass is 10.1. The van der Waals surface area contributed by atoms with E-state index < -0.39 is 0 Å². The third kappa shape index (κ3) is 3.01. The maximum Gasteiger partial charge on any atom is 0.251 e. The van der Waals surface area contributed by atoms with Crippen molar-refractivity contribution in [3.63, 3.8) is 0 Å². The molecule has 1 fully saturated rings. The van der Waals surface area contributed by atoms with Crippen LogP contribution in [0.1, 0.15) is 28.8 Å². The average molecular weight is 248 g/mol. The molecule has 18 heavy (non-hydrogen) atoms. The second-order valence-corrected chi connectivity index (χ2v) is 4.67. The first-order chi connectivity index (χ1) is 8.70. The Labute approximate surface area is 108 Å². The van der Waals surface area contributed by atoms with E-state index in [4.69, 9.17) is 4.74 Å². The molecule has 0 saturated carbocycles. The summed E-state index contributed by atoms with van der Waals surface area (Å²) in [7, 11) is 1.64. The van der Waals surface area contributed by atoms with Gasteiger partial charge in [0.05, 0.1) is 6.61 Å². The Morgan fingerprint density at radius 2 is 2.28 bits per heavy atom. The third-order valence-electron chi connectivity index (χ3n) is 3.25. The second-order valence-electron chi connectivity index (χ2n) is 4.67. The van der Waals surface area contributed by atoms with Gasteiger partial charge < -0.3 is 15.4 Å². The molecule has 1 atom stereocenters. The van der Waals surface area contributed by atoms with Crippen LogP contribution in [0.25, 0.3) is 0 Å². The molecule has 0 aromatic heterocycles. The standard InChI is InChI=1S/C14H20N2O2/c1-10-5-6-11(14(17)15-2)8-13(10)16-12-4-3-7-18-9-12/h5-6,8,12,16H,3-4,7,9H2,1-2H3,(H,15,17). The van der Waals surface area contributed by atoms with Crippen LogP contribution in [0.4, 0.5) is 5.69 Å². The Hall–Kier alpha value is -1.55. The van der Waals surface area contributed by atoms with Crippen molar-refractivity contribution in [3.05, 3.63) is 29.3 Å². The summed E-state index contributed by atoms with van der Waals surface area (Å²) in [5.74, 6) is -0.0575. The van der Waals surface area contributed by atoms with Crippen molar-refractivity contribution in [2.45, 2.75) is 25.8 Å². The number of ether oxygens (including phenoxy) is 1. The van der Waals surface area contributed by atoms with E-state index in [1.807, 2.05) is 25.1 Å². The SMILES string of the molecule is CNC(=O)c1ccc(C)c(NC2CCCOC2)c1. The molecule has 1 aromatic rings. The Bertz CT molecular complexity index is 426. The minimum absolute atomic E-state index is 0.0575. The molecule has 1 unspecified atom stereocenters. The first kappa shape index (κ1) is 12.9. The molecule has 1 heterocycles. The summed E-state index contributed by atoms with van der Waals surface area (Å²) in [5, 5.41) is 6.10. The molecule has 2 rings (SSSR count). The maximum atomic E-state index is 11.6. The highest BCUT2D eigenvalue weighted by Crippen LogP contribution is 2.20. The topological polar surface area (TPSA) is 50.4 Å². The van der Waals surface area contributed by atoms with Crippen LogP contribution in [0.15, 0.2) is 18.2 Å². The lowest BCUT2D eigenvalue weighted by Gasteiger charge is -2.25. The highest BCUT2D eigenvalue weighted by Gasteiger charge is 2.15. The van der Waals surface area contributed by atoms with E-state index in [1.165, 1.54) is 0 Å². The highest BCUT2D eigenvalue weighted by molar-refractivity contribution is 5.95. The molecule has 0 radical (unpaired) electrons. The number of hydrogen-bond acceptors (Lipinski definition) is 3. The summed E-state index contributed by atoms with van der Waals surface area (Å²) in [5.41, 5.74) is 2.85. The molecule has 0 aliphatic carbocycles. The van der Waals surface area contributed by atoms with E-state index in [-0.39, 0.29) is 5.91 Å². The minimum atomic E-state index is -0.0575. The predicted octanol–water partition coefficient (Wildman–Crippen LogP) is 1.95. The Morgan fingerprint density at radius 1 is 1.44 bits per heavy atom. The van der Waals surface area contributed by atoms with Crippen LogP contribution in [0.5, 0.6) is 0 Å². The quantitative estimate of drug-likeness (QED) is 0.859. The zero-order valence-corrected chi connectivity index (χ0v) is 11.0. The molecule has 1 aliphatic rings. The predicted molar refractivity (Wildman–Crippen MR) is 72.0 cm³/mol. The molecular formula is C14H20N2O2. The maximum absolute atomic E-state index is 11.6. The Balaban J connectivity index is 2.12. The Kier molecular flexibility index (Phi) is 4.20. The lowest BCUT2D eigenvalue weighted by molar-refractivity contribution is 0.0876. The Morgan fingerprint density at radius 3 is 2.94 bits per heavy atom. The first-order valence-electron chi connectivity index (χ1n) is 6.37. The van der Waals surface area contributed by atoms with Crippen LogP contribution in [-0.4, -0.2) is 32.2 Å². The fourth-order valence-corrected chi connectivity index (χ4v) is 2.14. The van der Waals surface area contributed by atoms with Crippen molar-refractivity contribution >= 4 is 11.6 Å². The van der Waals surface area contributed by atoms with Gasteiger partial charge in [-0.3, -0.25) is 4.79 Å². The van der Waals surface area contributed by atoms with Crippen molar-refractivity contribution in [1.29, 1.82) is 0 Å². The van der Waals surface area contributed by atoms with Gasteiger partial charge in [-0.05, 0) is 37.5 Å². The van der Waals surface area contributed by atoms with E-state index in [0.717, 1.165) is 37.3 Å². The molecule has 2 N–H and O–H groups in total. The molecule has 0 spiro atoms.